The van der Waals surface area contributed by atoms with E-state index in [1.165, 1.54) is 4.31 Å². The second-order valence-electron chi connectivity index (χ2n) is 7.40. The van der Waals surface area contributed by atoms with Gasteiger partial charge in [-0.2, -0.15) is 4.31 Å². The first-order chi connectivity index (χ1) is 14.4. The minimum Gasteiger partial charge on any atom is -0.493 e. The smallest absolute Gasteiger partial charge is 0.317 e. The van der Waals surface area contributed by atoms with Crippen LogP contribution in [0.2, 0.25) is 0 Å². The predicted octanol–water partition coefficient (Wildman–Crippen LogP) is 2.79. The van der Waals surface area contributed by atoms with E-state index in [4.69, 9.17) is 4.74 Å². The van der Waals surface area contributed by atoms with E-state index in [0.29, 0.717) is 50.6 Å². The molecule has 0 bridgehead atoms. The Balaban J connectivity index is 1.40. The van der Waals surface area contributed by atoms with E-state index in [-0.39, 0.29) is 6.03 Å². The minimum atomic E-state index is -3.52. The van der Waals surface area contributed by atoms with E-state index >= 15 is 0 Å². The van der Waals surface area contributed by atoms with Crippen LogP contribution in [-0.2, 0) is 10.0 Å². The maximum absolute atomic E-state index is 12.8. The van der Waals surface area contributed by atoms with Gasteiger partial charge in [-0.05, 0) is 44.0 Å². The lowest BCUT2D eigenvalue weighted by Gasteiger charge is -2.34. The first kappa shape index (κ1) is 22.1. The zero-order valence-corrected chi connectivity index (χ0v) is 18.3. The summed E-state index contributed by atoms with van der Waals surface area (Å²) in [6, 6.07) is 14.5. The van der Waals surface area contributed by atoms with E-state index < -0.39 is 10.0 Å². The van der Waals surface area contributed by atoms with Gasteiger partial charge in [0.2, 0.25) is 10.0 Å². The molecular weight excluding hydrogens is 402 g/mol. The number of hydrogen-bond acceptors (Lipinski definition) is 4. The highest BCUT2D eigenvalue weighted by atomic mass is 32.2. The van der Waals surface area contributed by atoms with Gasteiger partial charge in [-0.1, -0.05) is 35.9 Å². The highest BCUT2D eigenvalue weighted by molar-refractivity contribution is 7.89. The lowest BCUT2D eigenvalue weighted by molar-refractivity contribution is 0.171. The van der Waals surface area contributed by atoms with Gasteiger partial charge in [0.1, 0.15) is 5.75 Å². The normalized spacial score (nSPS) is 15.1. The molecule has 0 spiro atoms. The fourth-order valence-corrected chi connectivity index (χ4v) is 4.69. The predicted molar refractivity (Wildman–Crippen MR) is 116 cm³/mol. The van der Waals surface area contributed by atoms with Crippen LogP contribution in [0.4, 0.5) is 4.79 Å². The lowest BCUT2D eigenvalue weighted by Crippen LogP contribution is -2.53. The van der Waals surface area contributed by atoms with Crippen molar-refractivity contribution in [2.75, 3.05) is 39.3 Å². The Kier molecular flexibility index (Phi) is 7.33. The molecule has 0 aromatic heterocycles. The second-order valence-corrected chi connectivity index (χ2v) is 9.34. The van der Waals surface area contributed by atoms with Crippen LogP contribution in [0.3, 0.4) is 0 Å². The Bertz CT molecular complexity index is 953. The van der Waals surface area contributed by atoms with Gasteiger partial charge in [0, 0.05) is 32.7 Å². The first-order valence-electron chi connectivity index (χ1n) is 10.2. The van der Waals surface area contributed by atoms with Crippen LogP contribution >= 0.6 is 0 Å². The number of sulfonamides is 1. The van der Waals surface area contributed by atoms with Crippen molar-refractivity contribution in [2.45, 2.75) is 25.2 Å². The molecule has 1 saturated heterocycles. The summed E-state index contributed by atoms with van der Waals surface area (Å²) in [5.74, 6) is 0.856. The van der Waals surface area contributed by atoms with Crippen molar-refractivity contribution < 1.29 is 17.9 Å². The number of nitrogens with one attached hydrogen (secondary N) is 1. The summed E-state index contributed by atoms with van der Waals surface area (Å²) in [5.41, 5.74) is 2.10. The van der Waals surface area contributed by atoms with Crippen molar-refractivity contribution in [1.82, 2.24) is 14.5 Å². The molecule has 0 saturated carbocycles. The molecule has 8 heteroatoms. The zero-order chi connectivity index (χ0) is 21.6. The number of carbonyl (C=O) groups is 1. The van der Waals surface area contributed by atoms with E-state index in [9.17, 15) is 13.2 Å². The van der Waals surface area contributed by atoms with Gasteiger partial charge in [-0.25, -0.2) is 13.2 Å². The van der Waals surface area contributed by atoms with Crippen LogP contribution in [-0.4, -0.2) is 63.0 Å². The maximum atomic E-state index is 12.8. The zero-order valence-electron chi connectivity index (χ0n) is 17.5. The van der Waals surface area contributed by atoms with Crippen molar-refractivity contribution >= 4 is 16.1 Å². The molecule has 2 aromatic carbocycles. The van der Waals surface area contributed by atoms with E-state index in [0.717, 1.165) is 16.9 Å². The molecular formula is C22H29N3O4S. The minimum absolute atomic E-state index is 0.168. The molecule has 7 nitrogen and oxygen atoms in total. The highest BCUT2D eigenvalue weighted by Crippen LogP contribution is 2.18. The molecule has 0 aliphatic carbocycles. The number of benzene rings is 2. The number of urea groups is 1. The van der Waals surface area contributed by atoms with Crippen LogP contribution in [0.15, 0.2) is 53.4 Å². The number of hydrogen-bond donors (Lipinski definition) is 1. The fraction of sp³-hybridized carbons (Fsp3) is 0.409. The Hall–Kier alpha value is -2.58. The number of amides is 2. The Labute approximate surface area is 178 Å². The average molecular weight is 432 g/mol. The lowest BCUT2D eigenvalue weighted by atomic mass is 10.2. The number of aryl methyl sites for hydroxylation is 2. The van der Waals surface area contributed by atoms with Gasteiger partial charge in [-0.15, -0.1) is 0 Å². The van der Waals surface area contributed by atoms with Crippen molar-refractivity contribution in [3.63, 3.8) is 0 Å². The summed E-state index contributed by atoms with van der Waals surface area (Å²) in [7, 11) is -3.52. The molecule has 2 amide bonds. The molecule has 1 aliphatic heterocycles. The fourth-order valence-electron chi connectivity index (χ4n) is 3.27. The van der Waals surface area contributed by atoms with Crippen molar-refractivity contribution in [1.29, 1.82) is 0 Å². The number of nitrogens with zero attached hydrogens (tertiary/aromatic N) is 2. The summed E-state index contributed by atoms with van der Waals surface area (Å²) in [6.45, 7) is 6.27. The molecule has 1 heterocycles. The molecule has 162 valence electrons. The number of piperazine rings is 1. The number of para-hydroxylation sites is 1. The summed E-state index contributed by atoms with van der Waals surface area (Å²) < 4.78 is 32.7. The first-order valence-corrected chi connectivity index (χ1v) is 11.6. The molecule has 30 heavy (non-hydrogen) atoms. The largest absolute Gasteiger partial charge is 0.493 e. The van der Waals surface area contributed by atoms with Crippen LogP contribution in [0.1, 0.15) is 17.5 Å². The Morgan fingerprint density at radius 1 is 1.00 bits per heavy atom. The van der Waals surface area contributed by atoms with Gasteiger partial charge in [-0.3, -0.25) is 0 Å². The summed E-state index contributed by atoms with van der Waals surface area (Å²) in [5, 5.41) is 2.88. The molecule has 1 N–H and O–H groups in total. The molecule has 2 aromatic rings. The molecule has 0 radical (unpaired) electrons. The summed E-state index contributed by atoms with van der Waals surface area (Å²) >= 11 is 0. The number of rotatable bonds is 7. The van der Waals surface area contributed by atoms with E-state index in [2.05, 4.69) is 5.32 Å². The number of carbonyl (C=O) groups excluding carboxylic acids is 1. The highest BCUT2D eigenvalue weighted by Gasteiger charge is 2.29. The third-order valence-electron chi connectivity index (χ3n) is 5.13. The SMILES string of the molecule is Cc1ccc(S(=O)(=O)N2CCN(C(=O)NCCCOc3ccccc3C)CC2)cc1. The van der Waals surface area contributed by atoms with Gasteiger partial charge in [0.25, 0.3) is 0 Å². The standard InChI is InChI=1S/C22H29N3O4S/c1-18-8-10-20(11-9-18)30(27,28)25-15-13-24(14-16-25)22(26)23-12-5-17-29-21-7-4-3-6-19(21)2/h3-4,6-11H,5,12-17H2,1-2H3,(H,23,26). The van der Waals surface area contributed by atoms with Crippen LogP contribution in [0.5, 0.6) is 5.75 Å². The molecule has 0 unspecified atom stereocenters. The van der Waals surface area contributed by atoms with Crippen molar-refractivity contribution in [3.8, 4) is 5.75 Å². The molecule has 0 atom stereocenters. The van der Waals surface area contributed by atoms with Gasteiger partial charge < -0.3 is 15.0 Å². The van der Waals surface area contributed by atoms with Crippen molar-refractivity contribution in [2.24, 2.45) is 0 Å². The quantitative estimate of drug-likeness (QED) is 0.684. The average Bonchev–Trinajstić information content (AvgIpc) is 2.75. The van der Waals surface area contributed by atoms with Crippen LogP contribution in [0.25, 0.3) is 0 Å². The van der Waals surface area contributed by atoms with E-state index in [1.54, 1.807) is 29.2 Å². The molecule has 1 aliphatic rings. The summed E-state index contributed by atoms with van der Waals surface area (Å²) in [4.78, 5) is 14.3. The number of ether oxygens (including phenoxy) is 1. The monoisotopic (exact) mass is 431 g/mol. The van der Waals surface area contributed by atoms with Crippen LogP contribution < -0.4 is 10.1 Å². The third kappa shape index (κ3) is 5.52. The Morgan fingerprint density at radius 3 is 2.33 bits per heavy atom. The molecule has 3 rings (SSSR count). The Morgan fingerprint density at radius 2 is 1.67 bits per heavy atom. The maximum Gasteiger partial charge on any atom is 0.317 e. The summed E-state index contributed by atoms with van der Waals surface area (Å²) in [6.07, 6.45) is 0.696. The van der Waals surface area contributed by atoms with Gasteiger partial charge in [0.15, 0.2) is 0 Å². The third-order valence-corrected chi connectivity index (χ3v) is 7.05. The molecule has 1 fully saturated rings. The van der Waals surface area contributed by atoms with Gasteiger partial charge in [0.05, 0.1) is 11.5 Å². The van der Waals surface area contributed by atoms with E-state index in [1.807, 2.05) is 38.1 Å². The van der Waals surface area contributed by atoms with Gasteiger partial charge >= 0.3 is 6.03 Å². The second kappa shape index (κ2) is 9.95. The topological polar surface area (TPSA) is 79.0 Å². The van der Waals surface area contributed by atoms with Crippen LogP contribution in [0, 0.1) is 13.8 Å². The van der Waals surface area contributed by atoms with Crippen molar-refractivity contribution in [3.05, 3.63) is 59.7 Å².